The van der Waals surface area contributed by atoms with Gasteiger partial charge in [-0.15, -0.1) is 11.3 Å². The summed E-state index contributed by atoms with van der Waals surface area (Å²) in [7, 11) is 1.59. The highest BCUT2D eigenvalue weighted by Gasteiger charge is 2.31. The van der Waals surface area contributed by atoms with E-state index in [9.17, 15) is 9.59 Å². The van der Waals surface area contributed by atoms with E-state index in [0.29, 0.717) is 45.4 Å². The Balaban J connectivity index is 1.27. The fourth-order valence-corrected chi connectivity index (χ4v) is 5.53. The Hall–Kier alpha value is -3.21. The Morgan fingerprint density at radius 3 is 2.73 bits per heavy atom. The number of thiazole rings is 1. The van der Waals surface area contributed by atoms with E-state index in [4.69, 9.17) is 21.7 Å². The van der Waals surface area contributed by atoms with Crippen LogP contribution in [0, 0.1) is 0 Å². The molecule has 1 aliphatic heterocycles. The fraction of sp³-hybridized carbons (Fsp3) is 0.259. The molecule has 0 spiro atoms. The first-order chi connectivity index (χ1) is 18.0. The SMILES string of the molecule is COc1cc(/C=C2\SC(=S)N(CCCCCC(=O)Nc3nccs3)C2=O)ccc1OCc1ccccc1. The third-order valence-corrected chi connectivity index (χ3v) is 7.63. The van der Waals surface area contributed by atoms with Gasteiger partial charge >= 0.3 is 0 Å². The van der Waals surface area contributed by atoms with E-state index in [-0.39, 0.29) is 11.8 Å². The molecule has 0 unspecified atom stereocenters. The quantitative estimate of drug-likeness (QED) is 0.164. The molecular weight excluding hydrogens is 527 g/mol. The number of ether oxygens (including phenoxy) is 2. The molecule has 2 amide bonds. The minimum absolute atomic E-state index is 0.0459. The average molecular weight is 554 g/mol. The molecule has 2 aromatic carbocycles. The van der Waals surface area contributed by atoms with Crippen molar-refractivity contribution in [3.63, 3.8) is 0 Å². The zero-order valence-corrected chi connectivity index (χ0v) is 22.8. The first-order valence-electron chi connectivity index (χ1n) is 11.8. The summed E-state index contributed by atoms with van der Waals surface area (Å²) >= 11 is 8.15. The maximum atomic E-state index is 13.0. The van der Waals surface area contributed by atoms with Gasteiger partial charge in [-0.05, 0) is 42.2 Å². The number of carbonyl (C=O) groups is 2. The molecule has 0 atom stereocenters. The Morgan fingerprint density at radius 2 is 1.97 bits per heavy atom. The van der Waals surface area contributed by atoms with E-state index < -0.39 is 0 Å². The van der Waals surface area contributed by atoms with Gasteiger partial charge in [0.2, 0.25) is 5.91 Å². The Morgan fingerprint density at radius 1 is 1.14 bits per heavy atom. The molecule has 3 aromatic rings. The predicted octanol–water partition coefficient (Wildman–Crippen LogP) is 6.13. The number of carbonyl (C=O) groups excluding carboxylic acids is 2. The van der Waals surface area contributed by atoms with Gasteiger partial charge in [0.15, 0.2) is 16.6 Å². The molecule has 1 saturated heterocycles. The molecule has 0 bridgehead atoms. The van der Waals surface area contributed by atoms with Gasteiger partial charge in [0.25, 0.3) is 5.91 Å². The van der Waals surface area contributed by atoms with Crippen LogP contribution in [0.4, 0.5) is 5.13 Å². The van der Waals surface area contributed by atoms with Gasteiger partial charge in [0, 0.05) is 24.5 Å². The number of methoxy groups -OCH3 is 1. The molecule has 1 aromatic heterocycles. The topological polar surface area (TPSA) is 80.8 Å². The van der Waals surface area contributed by atoms with Crippen LogP contribution in [0.2, 0.25) is 0 Å². The van der Waals surface area contributed by atoms with Crippen LogP contribution in [-0.2, 0) is 16.2 Å². The van der Waals surface area contributed by atoms with E-state index in [1.54, 1.807) is 18.2 Å². The fourth-order valence-electron chi connectivity index (χ4n) is 3.67. The molecule has 37 heavy (non-hydrogen) atoms. The predicted molar refractivity (Wildman–Crippen MR) is 153 cm³/mol. The Labute approximate surface area is 229 Å². The molecule has 1 fully saturated rings. The van der Waals surface area contributed by atoms with Crippen LogP contribution in [0.15, 0.2) is 65.0 Å². The number of unbranched alkanes of at least 4 members (excludes halogenated alkanes) is 2. The number of hydrogen-bond donors (Lipinski definition) is 1. The van der Waals surface area contributed by atoms with Crippen LogP contribution < -0.4 is 14.8 Å². The third kappa shape index (κ3) is 7.64. The van der Waals surface area contributed by atoms with E-state index in [0.717, 1.165) is 30.4 Å². The van der Waals surface area contributed by atoms with E-state index in [2.05, 4.69) is 10.3 Å². The van der Waals surface area contributed by atoms with Gasteiger partial charge in [-0.1, -0.05) is 66.8 Å². The molecule has 4 rings (SSSR count). The van der Waals surface area contributed by atoms with Gasteiger partial charge in [-0.25, -0.2) is 4.98 Å². The van der Waals surface area contributed by atoms with Crippen molar-refractivity contribution in [1.29, 1.82) is 0 Å². The van der Waals surface area contributed by atoms with E-state index in [1.807, 2.05) is 60.0 Å². The molecule has 10 heteroatoms. The van der Waals surface area contributed by atoms with Crippen molar-refractivity contribution in [2.24, 2.45) is 0 Å². The van der Waals surface area contributed by atoms with Crippen LogP contribution in [0.5, 0.6) is 11.5 Å². The first-order valence-corrected chi connectivity index (χ1v) is 13.9. The lowest BCUT2D eigenvalue weighted by atomic mass is 10.1. The van der Waals surface area contributed by atoms with Gasteiger partial charge in [-0.3, -0.25) is 14.5 Å². The minimum atomic E-state index is -0.0973. The van der Waals surface area contributed by atoms with Gasteiger partial charge < -0.3 is 14.8 Å². The largest absolute Gasteiger partial charge is 0.493 e. The number of nitrogens with one attached hydrogen (secondary N) is 1. The number of thioether (sulfide) groups is 1. The van der Waals surface area contributed by atoms with Crippen molar-refractivity contribution >= 4 is 62.7 Å². The molecule has 1 aliphatic rings. The van der Waals surface area contributed by atoms with E-state index >= 15 is 0 Å². The second kappa shape index (κ2) is 13.4. The lowest BCUT2D eigenvalue weighted by Gasteiger charge is -2.14. The van der Waals surface area contributed by atoms with Crippen molar-refractivity contribution in [2.45, 2.75) is 32.3 Å². The standard InChI is InChI=1S/C27H27N3O4S3/c1-33-22-16-20(11-12-21(22)34-18-19-8-4-2-5-9-19)17-23-25(32)30(27(35)37-23)14-7-3-6-10-24(31)29-26-28-13-15-36-26/h2,4-5,8-9,11-13,15-17H,3,6-7,10,14,18H2,1H3,(H,28,29,31)/b23-17-. The lowest BCUT2D eigenvalue weighted by molar-refractivity contribution is -0.122. The number of hydrogen-bond acceptors (Lipinski definition) is 8. The number of aromatic nitrogens is 1. The minimum Gasteiger partial charge on any atom is -0.493 e. The summed E-state index contributed by atoms with van der Waals surface area (Å²) in [5.74, 6) is 1.09. The second-order valence-electron chi connectivity index (χ2n) is 8.21. The normalized spacial score (nSPS) is 14.3. The van der Waals surface area contributed by atoms with Gasteiger partial charge in [0.1, 0.15) is 10.9 Å². The zero-order chi connectivity index (χ0) is 26.0. The summed E-state index contributed by atoms with van der Waals surface area (Å²) in [5.41, 5.74) is 1.90. The van der Waals surface area contributed by atoms with Crippen molar-refractivity contribution in [2.75, 3.05) is 19.0 Å². The summed E-state index contributed by atoms with van der Waals surface area (Å²) in [6.45, 7) is 0.970. The maximum absolute atomic E-state index is 13.0. The highest BCUT2D eigenvalue weighted by Crippen LogP contribution is 2.35. The highest BCUT2D eigenvalue weighted by atomic mass is 32.2. The Bertz CT molecular complexity index is 1260. The molecule has 2 heterocycles. The third-order valence-electron chi connectivity index (χ3n) is 5.56. The number of amides is 2. The van der Waals surface area contributed by atoms with Crippen LogP contribution in [0.25, 0.3) is 6.08 Å². The van der Waals surface area contributed by atoms with Crippen molar-refractivity contribution in [3.05, 3.63) is 76.1 Å². The monoisotopic (exact) mass is 553 g/mol. The summed E-state index contributed by atoms with van der Waals surface area (Å²) in [6, 6.07) is 15.5. The number of anilines is 1. The molecule has 192 valence electrons. The zero-order valence-electron chi connectivity index (χ0n) is 20.3. The number of thiocarbonyl (C=S) groups is 1. The number of rotatable bonds is 12. The molecule has 1 N–H and O–H groups in total. The van der Waals surface area contributed by atoms with Crippen LogP contribution >= 0.6 is 35.3 Å². The smallest absolute Gasteiger partial charge is 0.266 e. The molecular formula is C27H27N3O4S3. The van der Waals surface area contributed by atoms with Crippen LogP contribution in [-0.4, -0.2) is 39.7 Å². The average Bonchev–Trinajstić information content (AvgIpc) is 3.51. The van der Waals surface area contributed by atoms with Gasteiger partial charge in [-0.2, -0.15) is 0 Å². The summed E-state index contributed by atoms with van der Waals surface area (Å²) in [4.78, 5) is 31.2. The van der Waals surface area contributed by atoms with Crippen molar-refractivity contribution in [1.82, 2.24) is 9.88 Å². The summed E-state index contributed by atoms with van der Waals surface area (Å²) in [5, 5.41) is 5.21. The van der Waals surface area contributed by atoms with E-state index in [1.165, 1.54) is 23.1 Å². The van der Waals surface area contributed by atoms with Crippen molar-refractivity contribution < 1.29 is 19.1 Å². The molecule has 0 radical (unpaired) electrons. The number of nitrogens with zero attached hydrogens (tertiary/aromatic N) is 2. The lowest BCUT2D eigenvalue weighted by Crippen LogP contribution is -2.29. The maximum Gasteiger partial charge on any atom is 0.266 e. The van der Waals surface area contributed by atoms with Crippen molar-refractivity contribution in [3.8, 4) is 11.5 Å². The molecule has 0 aliphatic carbocycles. The molecule has 7 nitrogen and oxygen atoms in total. The highest BCUT2D eigenvalue weighted by molar-refractivity contribution is 8.26. The summed E-state index contributed by atoms with van der Waals surface area (Å²) < 4.78 is 12.0. The first kappa shape index (κ1) is 26.8. The second-order valence-corrected chi connectivity index (χ2v) is 10.8. The Kier molecular flexibility index (Phi) is 9.70. The van der Waals surface area contributed by atoms with Crippen LogP contribution in [0.1, 0.15) is 36.8 Å². The summed E-state index contributed by atoms with van der Waals surface area (Å²) in [6.07, 6.45) is 6.23. The van der Waals surface area contributed by atoms with Crippen LogP contribution in [0.3, 0.4) is 0 Å². The molecule has 0 saturated carbocycles. The number of benzene rings is 2. The van der Waals surface area contributed by atoms with Gasteiger partial charge in [0.05, 0.1) is 12.0 Å².